The number of hydrogen-bond donors (Lipinski definition) is 0. The van der Waals surface area contributed by atoms with E-state index in [1.165, 1.54) is 51.4 Å². The van der Waals surface area contributed by atoms with Crippen LogP contribution in [0.15, 0.2) is 24.3 Å². The molecule has 0 saturated heterocycles. The van der Waals surface area contributed by atoms with Gasteiger partial charge in [-0.1, -0.05) is 50.7 Å². The van der Waals surface area contributed by atoms with Crippen LogP contribution in [-0.2, 0) is 0 Å². The van der Waals surface area contributed by atoms with Gasteiger partial charge in [0.25, 0.3) is 0 Å². The van der Waals surface area contributed by atoms with Crippen molar-refractivity contribution in [1.29, 1.82) is 0 Å². The van der Waals surface area contributed by atoms with Gasteiger partial charge in [-0.05, 0) is 50.2 Å². The van der Waals surface area contributed by atoms with Gasteiger partial charge in [-0.3, -0.25) is 0 Å². The molecule has 0 aliphatic heterocycles. The normalized spacial score (nSPS) is 19.1. The minimum Gasteiger partial charge on any atom is -0.490 e. The number of hydrogen-bond acceptors (Lipinski definition) is 2. The van der Waals surface area contributed by atoms with Gasteiger partial charge in [-0.15, -0.1) is 0 Å². The first-order valence-corrected chi connectivity index (χ1v) is 9.95. The summed E-state index contributed by atoms with van der Waals surface area (Å²) in [7, 11) is 0. The van der Waals surface area contributed by atoms with Crippen molar-refractivity contribution in [2.24, 2.45) is 11.8 Å². The Balaban J connectivity index is 1.47. The zero-order valence-electron chi connectivity index (χ0n) is 15.4. The molecule has 0 atom stereocenters. The molecule has 0 radical (unpaired) electrons. The first-order valence-electron chi connectivity index (χ1n) is 9.95. The lowest BCUT2D eigenvalue weighted by atomic mass is 10.1. The van der Waals surface area contributed by atoms with Crippen molar-refractivity contribution in [3.05, 3.63) is 35.7 Å². The monoisotopic (exact) mass is 346 g/mol. The zero-order valence-corrected chi connectivity index (χ0v) is 15.4. The highest BCUT2D eigenvalue weighted by Crippen LogP contribution is 2.31. The van der Waals surface area contributed by atoms with Crippen molar-refractivity contribution >= 4 is 0 Å². The van der Waals surface area contributed by atoms with Crippen LogP contribution in [0.4, 0.5) is 4.39 Å². The van der Waals surface area contributed by atoms with Gasteiger partial charge in [0.05, 0.1) is 6.61 Å². The van der Waals surface area contributed by atoms with E-state index in [4.69, 9.17) is 9.47 Å². The molecular weight excluding hydrogens is 315 g/mol. The summed E-state index contributed by atoms with van der Waals surface area (Å²) >= 11 is 0. The number of ether oxygens (including phenoxy) is 2. The van der Waals surface area contributed by atoms with Crippen LogP contribution in [0.5, 0.6) is 11.5 Å². The minimum atomic E-state index is -0.288. The molecule has 3 heteroatoms. The van der Waals surface area contributed by atoms with Crippen LogP contribution in [0.2, 0.25) is 0 Å². The molecule has 2 aliphatic carbocycles. The molecule has 2 nitrogen and oxygen atoms in total. The summed E-state index contributed by atoms with van der Waals surface area (Å²) in [6, 6.07) is 3.53. The third-order valence-corrected chi connectivity index (χ3v) is 5.70. The highest BCUT2D eigenvalue weighted by atomic mass is 19.1. The van der Waals surface area contributed by atoms with E-state index in [2.05, 4.69) is 12.2 Å². The predicted octanol–water partition coefficient (Wildman–Crippen LogP) is 6.22. The van der Waals surface area contributed by atoms with Crippen LogP contribution < -0.4 is 9.47 Å². The van der Waals surface area contributed by atoms with Crippen molar-refractivity contribution in [3.8, 4) is 11.5 Å². The van der Waals surface area contributed by atoms with E-state index in [1.54, 1.807) is 13.0 Å². The molecular formula is C22H31FO2. The smallest absolute Gasteiger partial charge is 0.171 e. The molecule has 0 bridgehead atoms. The molecule has 0 spiro atoms. The summed E-state index contributed by atoms with van der Waals surface area (Å²) in [5.74, 6) is 2.14. The van der Waals surface area contributed by atoms with Crippen LogP contribution in [0.3, 0.4) is 0 Å². The van der Waals surface area contributed by atoms with Crippen LogP contribution in [0.1, 0.15) is 63.4 Å². The summed E-state index contributed by atoms with van der Waals surface area (Å²) in [5.41, 5.74) is 0.535. The number of halogens is 1. The van der Waals surface area contributed by atoms with Gasteiger partial charge in [0.1, 0.15) is 12.4 Å². The average Bonchev–Trinajstić information content (AvgIpc) is 3.31. The van der Waals surface area contributed by atoms with E-state index in [0.717, 1.165) is 12.3 Å². The largest absolute Gasteiger partial charge is 0.490 e. The lowest BCUT2D eigenvalue weighted by Crippen LogP contribution is -2.06. The molecule has 3 rings (SSSR count). The van der Waals surface area contributed by atoms with Crippen molar-refractivity contribution < 1.29 is 13.9 Å². The molecule has 2 fully saturated rings. The molecule has 0 aromatic heterocycles. The Hall–Kier alpha value is -1.51. The molecule has 0 unspecified atom stereocenters. The van der Waals surface area contributed by atoms with E-state index in [-0.39, 0.29) is 5.82 Å². The van der Waals surface area contributed by atoms with Crippen LogP contribution in [-0.4, -0.2) is 13.2 Å². The summed E-state index contributed by atoms with van der Waals surface area (Å²) in [4.78, 5) is 0. The zero-order chi connectivity index (χ0) is 17.5. The van der Waals surface area contributed by atoms with E-state index in [9.17, 15) is 4.39 Å². The molecule has 2 saturated carbocycles. The second-order valence-corrected chi connectivity index (χ2v) is 7.57. The molecule has 0 amide bonds. The van der Waals surface area contributed by atoms with E-state index in [1.807, 2.05) is 6.07 Å². The fourth-order valence-electron chi connectivity index (χ4n) is 4.08. The molecule has 1 aromatic rings. The summed E-state index contributed by atoms with van der Waals surface area (Å²) in [6.07, 6.45) is 15.9. The van der Waals surface area contributed by atoms with Crippen molar-refractivity contribution in [2.45, 2.75) is 64.7 Å². The SMILES string of the molecule is Cc1c(OC/C=C/C2CCCC2)ccc(OCCC2CCCC2)c1F. The standard InChI is InChI=1S/C22H31FO2/c1-17-20(24-15-6-11-18-7-2-3-8-18)12-13-21(22(17)23)25-16-14-19-9-4-5-10-19/h6,11-13,18-19H,2-5,7-10,14-16H2,1H3/b11-6+. The molecule has 2 aliphatic rings. The maximum atomic E-state index is 14.5. The second-order valence-electron chi connectivity index (χ2n) is 7.57. The van der Waals surface area contributed by atoms with E-state index in [0.29, 0.717) is 36.2 Å². The molecule has 138 valence electrons. The second kappa shape index (κ2) is 9.26. The van der Waals surface area contributed by atoms with Gasteiger partial charge in [0.15, 0.2) is 11.6 Å². The lowest BCUT2D eigenvalue weighted by molar-refractivity contribution is 0.265. The Morgan fingerprint density at radius 3 is 2.44 bits per heavy atom. The third-order valence-electron chi connectivity index (χ3n) is 5.70. The highest BCUT2D eigenvalue weighted by molar-refractivity contribution is 5.41. The maximum absolute atomic E-state index is 14.5. The lowest BCUT2D eigenvalue weighted by Gasteiger charge is -2.14. The number of rotatable bonds is 8. The molecule has 1 aromatic carbocycles. The Labute approximate surface area is 151 Å². The topological polar surface area (TPSA) is 18.5 Å². The minimum absolute atomic E-state index is 0.288. The maximum Gasteiger partial charge on any atom is 0.171 e. The van der Waals surface area contributed by atoms with Gasteiger partial charge >= 0.3 is 0 Å². The summed E-state index contributed by atoms with van der Waals surface area (Å²) in [5, 5.41) is 0. The fourth-order valence-corrected chi connectivity index (χ4v) is 4.08. The third kappa shape index (κ3) is 5.23. The first-order chi connectivity index (χ1) is 12.2. The highest BCUT2D eigenvalue weighted by Gasteiger charge is 2.16. The van der Waals surface area contributed by atoms with Gasteiger partial charge < -0.3 is 9.47 Å². The molecule has 0 heterocycles. The Morgan fingerprint density at radius 2 is 1.68 bits per heavy atom. The average molecular weight is 346 g/mol. The van der Waals surface area contributed by atoms with Crippen LogP contribution in [0, 0.1) is 24.6 Å². The van der Waals surface area contributed by atoms with Gasteiger partial charge in [-0.25, -0.2) is 4.39 Å². The van der Waals surface area contributed by atoms with E-state index >= 15 is 0 Å². The quantitative estimate of drug-likeness (QED) is 0.520. The van der Waals surface area contributed by atoms with Crippen LogP contribution in [0.25, 0.3) is 0 Å². The molecule has 0 N–H and O–H groups in total. The van der Waals surface area contributed by atoms with E-state index < -0.39 is 0 Å². The Morgan fingerprint density at radius 1 is 1.00 bits per heavy atom. The van der Waals surface area contributed by atoms with Crippen molar-refractivity contribution in [3.63, 3.8) is 0 Å². The summed E-state index contributed by atoms with van der Waals surface area (Å²) < 4.78 is 25.9. The number of benzene rings is 1. The molecule has 25 heavy (non-hydrogen) atoms. The summed E-state index contributed by atoms with van der Waals surface area (Å²) in [6.45, 7) is 2.86. The van der Waals surface area contributed by atoms with Crippen molar-refractivity contribution in [2.75, 3.05) is 13.2 Å². The van der Waals surface area contributed by atoms with Gasteiger partial charge in [-0.2, -0.15) is 0 Å². The van der Waals surface area contributed by atoms with Crippen LogP contribution >= 0.6 is 0 Å². The Bertz CT molecular complexity index is 570. The predicted molar refractivity (Wildman–Crippen MR) is 99.8 cm³/mol. The Kier molecular flexibility index (Phi) is 6.77. The first kappa shape index (κ1) is 18.3. The fraction of sp³-hybridized carbons (Fsp3) is 0.636. The van der Waals surface area contributed by atoms with Crippen molar-refractivity contribution in [1.82, 2.24) is 0 Å². The van der Waals surface area contributed by atoms with Gasteiger partial charge in [0.2, 0.25) is 0 Å². The van der Waals surface area contributed by atoms with Gasteiger partial charge in [0, 0.05) is 5.56 Å². The number of allylic oxidation sites excluding steroid dienone is 1.